The normalized spacial score (nSPS) is 13.6. The van der Waals surface area contributed by atoms with Crippen molar-refractivity contribution in [2.45, 2.75) is 200 Å². The van der Waals surface area contributed by atoms with Crippen LogP contribution >= 0.6 is 0 Å². The maximum absolute atomic E-state index is 12.8. The van der Waals surface area contributed by atoms with Gasteiger partial charge in [0.2, 0.25) is 0 Å². The second kappa shape index (κ2) is 46.0. The number of carbonyl (C=O) groups excluding carboxylic acids is 3. The first-order chi connectivity index (χ1) is 31.1. The quantitative estimate of drug-likeness (QED) is 0.0195. The number of unbranched alkanes of at least 4 members (excludes halogenated alkanes) is 16. The number of rotatable bonds is 45. The Morgan fingerprint density at radius 2 is 0.891 bits per heavy atom. The van der Waals surface area contributed by atoms with Crippen molar-refractivity contribution in [3.8, 4) is 0 Å². The number of hydrogen-bond donors (Lipinski definition) is 0. The molecule has 0 aliphatic heterocycles. The third-order valence-electron chi connectivity index (χ3n) is 10.4. The van der Waals surface area contributed by atoms with Crippen molar-refractivity contribution >= 4 is 17.9 Å². The van der Waals surface area contributed by atoms with Gasteiger partial charge in [0.05, 0.1) is 40.3 Å². The molecule has 64 heavy (non-hydrogen) atoms. The summed E-state index contributed by atoms with van der Waals surface area (Å²) in [4.78, 5) is 36.9. The van der Waals surface area contributed by atoms with Gasteiger partial charge >= 0.3 is 11.9 Å². The lowest BCUT2D eigenvalue weighted by Gasteiger charge is -2.26. The highest BCUT2D eigenvalue weighted by atomic mass is 16.7. The molecular formula is C55H93NO8. The number of esters is 2. The molecule has 366 valence electrons. The Labute approximate surface area is 391 Å². The molecule has 0 saturated heterocycles. The van der Waals surface area contributed by atoms with Crippen LogP contribution in [0, 0.1) is 0 Å². The molecule has 9 heteroatoms. The van der Waals surface area contributed by atoms with Crippen LogP contribution in [-0.2, 0) is 33.3 Å². The monoisotopic (exact) mass is 896 g/mol. The molecule has 0 fully saturated rings. The summed E-state index contributed by atoms with van der Waals surface area (Å²) >= 11 is 0. The summed E-state index contributed by atoms with van der Waals surface area (Å²) in [6, 6.07) is 0. The maximum atomic E-state index is 12.8. The molecule has 0 aliphatic rings. The summed E-state index contributed by atoms with van der Waals surface area (Å²) in [7, 11) is 5.90. The fourth-order valence-electron chi connectivity index (χ4n) is 6.51. The van der Waals surface area contributed by atoms with Crippen LogP contribution in [0.2, 0.25) is 0 Å². The lowest BCUT2D eigenvalue weighted by molar-refractivity contribution is -0.870. The van der Waals surface area contributed by atoms with Crippen molar-refractivity contribution in [1.82, 2.24) is 0 Å². The largest absolute Gasteiger partial charge is 0.545 e. The number of carbonyl (C=O) groups is 3. The lowest BCUT2D eigenvalue weighted by Crippen LogP contribution is -2.44. The van der Waals surface area contributed by atoms with E-state index in [2.05, 4.69) is 98.9 Å². The van der Waals surface area contributed by atoms with Gasteiger partial charge in [0.25, 0.3) is 0 Å². The molecule has 0 N–H and O–H groups in total. The molecular weight excluding hydrogens is 803 g/mol. The number of likely N-dealkylation sites (N-methyl/N-ethyl adjacent to an activating group) is 1. The zero-order valence-corrected chi connectivity index (χ0v) is 41.4. The molecule has 9 nitrogen and oxygen atoms in total. The van der Waals surface area contributed by atoms with Crippen molar-refractivity contribution in [3.63, 3.8) is 0 Å². The number of carboxylic acid groups (broad SMARTS) is 1. The molecule has 0 aromatic rings. The summed E-state index contributed by atoms with van der Waals surface area (Å²) in [5, 5.41) is 11.7. The van der Waals surface area contributed by atoms with E-state index in [4.69, 9.17) is 18.9 Å². The number of ether oxygens (including phenoxy) is 4. The van der Waals surface area contributed by atoms with E-state index in [1.807, 2.05) is 21.1 Å². The predicted octanol–water partition coefficient (Wildman–Crippen LogP) is 12.7. The molecule has 0 aromatic carbocycles. The predicted molar refractivity (Wildman–Crippen MR) is 264 cm³/mol. The Bertz CT molecular complexity index is 1320. The molecule has 0 saturated carbocycles. The maximum Gasteiger partial charge on any atom is 0.306 e. The average Bonchev–Trinajstić information content (AvgIpc) is 3.26. The number of quaternary nitrogens is 1. The fraction of sp³-hybridized carbons (Fsp3) is 0.691. The molecule has 0 bridgehead atoms. The number of carboxylic acids is 1. The Balaban J connectivity index is 4.18. The van der Waals surface area contributed by atoms with Gasteiger partial charge in [0.1, 0.15) is 13.2 Å². The van der Waals surface area contributed by atoms with Crippen molar-refractivity contribution < 1.29 is 42.9 Å². The second-order valence-corrected chi connectivity index (χ2v) is 17.7. The minimum absolute atomic E-state index is 0.143. The zero-order valence-electron chi connectivity index (χ0n) is 41.4. The van der Waals surface area contributed by atoms with Gasteiger partial charge in [-0.1, -0.05) is 189 Å². The summed E-state index contributed by atoms with van der Waals surface area (Å²) in [5.41, 5.74) is 0. The van der Waals surface area contributed by atoms with Gasteiger partial charge in [-0.05, 0) is 70.6 Å². The van der Waals surface area contributed by atoms with Crippen molar-refractivity contribution in [1.29, 1.82) is 0 Å². The van der Waals surface area contributed by atoms with Gasteiger partial charge in [-0.25, -0.2) is 0 Å². The third kappa shape index (κ3) is 46.5. The van der Waals surface area contributed by atoms with E-state index in [0.717, 1.165) is 89.9 Å². The Morgan fingerprint density at radius 1 is 0.484 bits per heavy atom. The van der Waals surface area contributed by atoms with Gasteiger partial charge in [0.15, 0.2) is 12.4 Å². The smallest absolute Gasteiger partial charge is 0.306 e. The van der Waals surface area contributed by atoms with E-state index < -0.39 is 24.3 Å². The Morgan fingerprint density at radius 3 is 1.33 bits per heavy atom. The summed E-state index contributed by atoms with van der Waals surface area (Å²) in [5.74, 6) is -2.30. The zero-order chi connectivity index (χ0) is 47.0. The minimum atomic E-state index is -1.62. The van der Waals surface area contributed by atoms with Gasteiger partial charge in [-0.15, -0.1) is 0 Å². The van der Waals surface area contributed by atoms with Crippen LogP contribution in [0.15, 0.2) is 85.1 Å². The van der Waals surface area contributed by atoms with Crippen LogP contribution in [0.3, 0.4) is 0 Å². The van der Waals surface area contributed by atoms with E-state index in [0.29, 0.717) is 17.4 Å². The third-order valence-corrected chi connectivity index (χ3v) is 10.4. The topological polar surface area (TPSA) is 111 Å². The number of aliphatic carboxylic acids is 1. The van der Waals surface area contributed by atoms with Crippen LogP contribution in [0.5, 0.6) is 0 Å². The highest BCUT2D eigenvalue weighted by Gasteiger charge is 2.21. The van der Waals surface area contributed by atoms with E-state index in [-0.39, 0.29) is 38.6 Å². The van der Waals surface area contributed by atoms with Crippen LogP contribution < -0.4 is 5.11 Å². The highest BCUT2D eigenvalue weighted by molar-refractivity contribution is 5.70. The van der Waals surface area contributed by atoms with E-state index >= 15 is 0 Å². The average molecular weight is 896 g/mol. The Hall–Kier alpha value is -3.53. The first kappa shape index (κ1) is 60.5. The molecule has 0 rings (SSSR count). The summed E-state index contributed by atoms with van der Waals surface area (Å²) < 4.78 is 22.5. The van der Waals surface area contributed by atoms with E-state index in [1.54, 1.807) is 0 Å². The summed E-state index contributed by atoms with van der Waals surface area (Å²) in [6.45, 7) is 4.57. The van der Waals surface area contributed by atoms with Crippen LogP contribution in [-0.4, -0.2) is 82.3 Å². The van der Waals surface area contributed by atoms with Crippen LogP contribution in [0.4, 0.5) is 0 Å². The standard InChI is InChI=1S/C55H93NO8/c1-6-8-10-12-14-16-17-18-19-20-21-22-23-24-25-26-27-28-29-30-31-32-33-34-35-36-37-38-40-42-44-46-53(58)64-51(50-63-55(54(59)60)61-48-47-56(3,4)5)49-62-52(57)45-43-41-39-15-13-11-9-7-2/h8,10,14,16,18-19,21-22,24-25,27-28,30-31,51,55H,6-7,9,11-13,15,17,20,23,26,29,32-50H2,1-5H3/b10-8-,16-14-,19-18-,22-21-,25-24-,28-27-,31-30-. The Kier molecular flexibility index (Phi) is 43.5. The van der Waals surface area contributed by atoms with Gasteiger partial charge in [0, 0.05) is 12.8 Å². The fourth-order valence-corrected chi connectivity index (χ4v) is 6.51. The first-order valence-corrected chi connectivity index (χ1v) is 25.2. The van der Waals surface area contributed by atoms with Gasteiger partial charge in [-0.3, -0.25) is 9.59 Å². The highest BCUT2D eigenvalue weighted by Crippen LogP contribution is 2.14. The van der Waals surface area contributed by atoms with Crippen LogP contribution in [0.1, 0.15) is 187 Å². The molecule has 0 aromatic heterocycles. The van der Waals surface area contributed by atoms with Crippen molar-refractivity contribution in [2.24, 2.45) is 0 Å². The SMILES string of the molecule is CC/C=C\C/C=C\C/C=C\C/C=C\C/C=C\C/C=C\C/C=C\CCCCCCCCCCCC(=O)OC(COC(=O)CCCCCCCCCC)COC(OCC[N+](C)(C)C)C(=O)[O-]. The first-order valence-electron chi connectivity index (χ1n) is 25.2. The molecule has 0 aliphatic carbocycles. The van der Waals surface area contributed by atoms with Crippen molar-refractivity contribution in [3.05, 3.63) is 85.1 Å². The second-order valence-electron chi connectivity index (χ2n) is 17.7. The van der Waals surface area contributed by atoms with E-state index in [9.17, 15) is 19.5 Å². The number of allylic oxidation sites excluding steroid dienone is 14. The number of hydrogen-bond acceptors (Lipinski definition) is 8. The molecule has 0 heterocycles. The molecule has 0 amide bonds. The summed E-state index contributed by atoms with van der Waals surface area (Å²) in [6.07, 6.45) is 56.4. The van der Waals surface area contributed by atoms with Gasteiger partial charge in [-0.2, -0.15) is 0 Å². The molecule has 0 spiro atoms. The molecule has 2 unspecified atom stereocenters. The molecule has 0 radical (unpaired) electrons. The lowest BCUT2D eigenvalue weighted by atomic mass is 10.1. The van der Waals surface area contributed by atoms with Gasteiger partial charge < -0.3 is 33.3 Å². The number of nitrogens with zero attached hydrogens (tertiary/aromatic N) is 1. The van der Waals surface area contributed by atoms with Crippen LogP contribution in [0.25, 0.3) is 0 Å². The minimum Gasteiger partial charge on any atom is -0.545 e. The van der Waals surface area contributed by atoms with E-state index in [1.165, 1.54) is 64.2 Å². The van der Waals surface area contributed by atoms with Crippen molar-refractivity contribution in [2.75, 3.05) is 47.5 Å². The molecule has 2 atom stereocenters.